The highest BCUT2D eigenvalue weighted by Gasteiger charge is 2.57. The normalized spacial score (nSPS) is 20.8. The van der Waals surface area contributed by atoms with Gasteiger partial charge in [-0.1, -0.05) is 51.9 Å². The van der Waals surface area contributed by atoms with Crippen molar-refractivity contribution < 1.29 is 24.7 Å². The molecule has 2 N–H and O–H groups in total. The maximum Gasteiger partial charge on any atom is 0.320 e. The van der Waals surface area contributed by atoms with Gasteiger partial charge in [-0.3, -0.25) is 14.9 Å². The number of phenolic OH excluding ortho intramolecular Hbond substituents is 1. The molecule has 0 radical (unpaired) electrons. The lowest BCUT2D eigenvalue weighted by molar-refractivity contribution is -0.385. The summed E-state index contributed by atoms with van der Waals surface area (Å²) in [5, 5.41) is 32.8. The van der Waals surface area contributed by atoms with E-state index in [9.17, 15) is 25.1 Å². The van der Waals surface area contributed by atoms with Crippen LogP contribution < -0.4 is 4.74 Å². The molecule has 1 heterocycles. The summed E-state index contributed by atoms with van der Waals surface area (Å²) in [5.74, 6) is -1.23. The summed E-state index contributed by atoms with van der Waals surface area (Å²) in [5.41, 5.74) is -3.27. The minimum Gasteiger partial charge on any atom is -0.507 e. The molecule has 1 aliphatic heterocycles. The van der Waals surface area contributed by atoms with Crippen molar-refractivity contribution in [2.75, 3.05) is 0 Å². The molecule has 2 rings (SSSR count). The van der Waals surface area contributed by atoms with Crippen molar-refractivity contribution in [2.45, 2.75) is 77.7 Å². The molecule has 1 atom stereocenters. The first-order valence-corrected chi connectivity index (χ1v) is 9.61. The highest BCUT2D eigenvalue weighted by Crippen LogP contribution is 2.54. The third-order valence-electron chi connectivity index (χ3n) is 5.58. The quantitative estimate of drug-likeness (QED) is 0.214. The number of esters is 1. The Morgan fingerprint density at radius 2 is 1.70 bits per heavy atom. The number of aromatic hydroxyl groups is 1. The summed E-state index contributed by atoms with van der Waals surface area (Å²) in [6.07, 6.45) is 7.59. The van der Waals surface area contributed by atoms with Crippen LogP contribution in [0.1, 0.15) is 77.7 Å². The summed E-state index contributed by atoms with van der Waals surface area (Å²) >= 11 is 0. The number of hydrogen-bond acceptors (Lipinski definition) is 6. The third-order valence-corrected chi connectivity index (χ3v) is 5.58. The summed E-state index contributed by atoms with van der Waals surface area (Å²) in [7, 11) is 0. The molecular formula is C20H29NO6. The third kappa shape index (κ3) is 4.08. The molecule has 1 aromatic rings. The molecule has 1 unspecified atom stereocenters. The first-order valence-electron chi connectivity index (χ1n) is 9.61. The van der Waals surface area contributed by atoms with Gasteiger partial charge in [0.25, 0.3) is 5.69 Å². The van der Waals surface area contributed by atoms with Gasteiger partial charge in [0, 0.05) is 0 Å². The Morgan fingerprint density at radius 1 is 1.11 bits per heavy atom. The van der Waals surface area contributed by atoms with E-state index in [1.807, 2.05) is 0 Å². The lowest BCUT2D eigenvalue weighted by atomic mass is 9.66. The average molecular weight is 379 g/mol. The summed E-state index contributed by atoms with van der Waals surface area (Å²) in [6, 6.07) is 2.07. The fourth-order valence-electron chi connectivity index (χ4n) is 3.67. The van der Waals surface area contributed by atoms with E-state index in [-0.39, 0.29) is 17.7 Å². The lowest BCUT2D eigenvalue weighted by Gasteiger charge is -2.45. The fraction of sp³-hybridized carbons (Fsp3) is 0.650. The van der Waals surface area contributed by atoms with Crippen LogP contribution in [0.5, 0.6) is 11.5 Å². The van der Waals surface area contributed by atoms with Gasteiger partial charge in [-0.05, 0) is 20.3 Å². The molecule has 7 nitrogen and oxygen atoms in total. The molecule has 0 aliphatic carbocycles. The standard InChI is InChI=1S/C20H29NO6/c1-4-5-6-7-8-9-10-11-20(24)17-15(22)12-14(21(25)26)13-16(17)27-18(23)19(20,2)3/h12-13,22,24H,4-11H2,1-3H3. The zero-order valence-electron chi connectivity index (χ0n) is 16.3. The van der Waals surface area contributed by atoms with Crippen LogP contribution in [0.2, 0.25) is 0 Å². The molecule has 150 valence electrons. The topological polar surface area (TPSA) is 110 Å². The van der Waals surface area contributed by atoms with Crippen molar-refractivity contribution in [3.8, 4) is 11.5 Å². The van der Waals surface area contributed by atoms with E-state index >= 15 is 0 Å². The summed E-state index contributed by atoms with van der Waals surface area (Å²) in [6.45, 7) is 5.30. The van der Waals surface area contributed by atoms with Gasteiger partial charge in [-0.15, -0.1) is 0 Å². The van der Waals surface area contributed by atoms with Crippen LogP contribution in [0.4, 0.5) is 5.69 Å². The van der Waals surface area contributed by atoms with E-state index in [4.69, 9.17) is 4.74 Å². The van der Waals surface area contributed by atoms with Crippen molar-refractivity contribution in [1.29, 1.82) is 0 Å². The molecule has 0 spiro atoms. The van der Waals surface area contributed by atoms with E-state index in [0.29, 0.717) is 6.42 Å². The highest BCUT2D eigenvalue weighted by atomic mass is 16.6. The van der Waals surface area contributed by atoms with Crippen LogP contribution in [-0.4, -0.2) is 21.1 Å². The number of aliphatic hydroxyl groups is 1. The number of nitro benzene ring substituents is 1. The monoisotopic (exact) mass is 379 g/mol. The van der Waals surface area contributed by atoms with E-state index in [0.717, 1.165) is 31.4 Å². The van der Waals surface area contributed by atoms with Crippen LogP contribution >= 0.6 is 0 Å². The van der Waals surface area contributed by atoms with Gasteiger partial charge in [0.1, 0.15) is 17.1 Å². The largest absolute Gasteiger partial charge is 0.507 e. The second-order valence-electron chi connectivity index (χ2n) is 7.84. The van der Waals surface area contributed by atoms with Crippen LogP contribution in [-0.2, 0) is 10.4 Å². The van der Waals surface area contributed by atoms with Gasteiger partial charge in [0.05, 0.1) is 28.0 Å². The molecule has 27 heavy (non-hydrogen) atoms. The number of rotatable bonds is 9. The number of fused-ring (bicyclic) bond motifs is 1. The number of non-ortho nitro benzene ring substituents is 1. The number of nitro groups is 1. The molecule has 0 bridgehead atoms. The predicted octanol–water partition coefficient (Wildman–Crippen LogP) is 4.57. The zero-order valence-corrected chi connectivity index (χ0v) is 16.3. The first-order chi connectivity index (χ1) is 12.6. The minimum absolute atomic E-state index is 0.0590. The summed E-state index contributed by atoms with van der Waals surface area (Å²) in [4.78, 5) is 22.8. The van der Waals surface area contributed by atoms with Gasteiger partial charge in [0.2, 0.25) is 0 Å². The van der Waals surface area contributed by atoms with Gasteiger partial charge in [-0.2, -0.15) is 0 Å². The number of hydrogen-bond donors (Lipinski definition) is 2. The number of phenols is 1. The van der Waals surface area contributed by atoms with Crippen molar-refractivity contribution in [1.82, 2.24) is 0 Å². The van der Waals surface area contributed by atoms with Gasteiger partial charge < -0.3 is 14.9 Å². The molecule has 0 fully saturated rings. The van der Waals surface area contributed by atoms with Gasteiger partial charge in [0.15, 0.2) is 0 Å². The number of carbonyl (C=O) groups excluding carboxylic acids is 1. The van der Waals surface area contributed by atoms with E-state index in [2.05, 4.69) is 6.92 Å². The zero-order chi connectivity index (χ0) is 20.2. The fourth-order valence-corrected chi connectivity index (χ4v) is 3.67. The van der Waals surface area contributed by atoms with Crippen molar-refractivity contribution >= 4 is 11.7 Å². The van der Waals surface area contributed by atoms with Crippen molar-refractivity contribution in [3.05, 3.63) is 27.8 Å². The van der Waals surface area contributed by atoms with Crippen LogP contribution in [0.25, 0.3) is 0 Å². The smallest absolute Gasteiger partial charge is 0.320 e. The average Bonchev–Trinajstić information content (AvgIpc) is 2.59. The van der Waals surface area contributed by atoms with Crippen molar-refractivity contribution in [3.63, 3.8) is 0 Å². The molecule has 7 heteroatoms. The SMILES string of the molecule is CCCCCCCCCC1(O)c2c(O)cc([N+](=O)[O-])cc2OC(=O)C1(C)C. The molecular weight excluding hydrogens is 350 g/mol. The Hall–Kier alpha value is -2.15. The molecule has 1 aliphatic rings. The second-order valence-corrected chi connectivity index (χ2v) is 7.84. The molecule has 0 saturated carbocycles. The van der Waals surface area contributed by atoms with Gasteiger partial charge >= 0.3 is 5.97 Å². The van der Waals surface area contributed by atoms with Crippen LogP contribution in [0, 0.1) is 15.5 Å². The maximum atomic E-state index is 12.5. The number of nitrogens with zero attached hydrogens (tertiary/aromatic N) is 1. The molecule has 0 aromatic heterocycles. The Bertz CT molecular complexity index is 715. The van der Waals surface area contributed by atoms with Crippen LogP contribution in [0.15, 0.2) is 12.1 Å². The number of unbranched alkanes of at least 4 members (excludes halogenated alkanes) is 6. The first kappa shape index (κ1) is 21.2. The minimum atomic E-state index is -1.65. The molecule has 1 aromatic carbocycles. The Balaban J connectivity index is 2.25. The second kappa shape index (κ2) is 8.25. The van der Waals surface area contributed by atoms with E-state index < -0.39 is 33.3 Å². The number of benzene rings is 1. The van der Waals surface area contributed by atoms with Crippen LogP contribution in [0.3, 0.4) is 0 Å². The Labute approximate surface area is 159 Å². The predicted molar refractivity (Wildman–Crippen MR) is 101 cm³/mol. The lowest BCUT2D eigenvalue weighted by Crippen LogP contribution is -2.52. The highest BCUT2D eigenvalue weighted by molar-refractivity contribution is 5.84. The van der Waals surface area contributed by atoms with E-state index in [1.54, 1.807) is 13.8 Å². The maximum absolute atomic E-state index is 12.5. The van der Waals surface area contributed by atoms with E-state index in [1.165, 1.54) is 19.3 Å². The Morgan fingerprint density at radius 3 is 2.30 bits per heavy atom. The van der Waals surface area contributed by atoms with Crippen molar-refractivity contribution in [2.24, 2.45) is 5.41 Å². The van der Waals surface area contributed by atoms with Gasteiger partial charge in [-0.25, -0.2) is 0 Å². The number of carbonyl (C=O) groups is 1. The summed E-state index contributed by atoms with van der Waals surface area (Å²) < 4.78 is 5.22. The molecule has 0 saturated heterocycles. The number of ether oxygens (including phenoxy) is 1. The molecule has 0 amide bonds. The Kier molecular flexibility index (Phi) is 6.46.